The molecular formula is C26H32N2O3. The van der Waals surface area contributed by atoms with Crippen molar-refractivity contribution in [3.63, 3.8) is 0 Å². The van der Waals surface area contributed by atoms with Gasteiger partial charge < -0.3 is 10.0 Å². The molecule has 2 aromatic rings. The highest BCUT2D eigenvalue weighted by Crippen LogP contribution is 2.19. The quantitative estimate of drug-likeness (QED) is 0.662. The van der Waals surface area contributed by atoms with Crippen LogP contribution in [-0.4, -0.2) is 58.9 Å². The fraction of sp³-hybridized carbons (Fsp3) is 0.462. The van der Waals surface area contributed by atoms with Gasteiger partial charge in [0.15, 0.2) is 5.78 Å². The van der Waals surface area contributed by atoms with Crippen LogP contribution in [0.3, 0.4) is 0 Å². The summed E-state index contributed by atoms with van der Waals surface area (Å²) in [6.45, 7) is 4.15. The lowest BCUT2D eigenvalue weighted by molar-refractivity contribution is 0.0791. The Morgan fingerprint density at radius 1 is 0.903 bits per heavy atom. The number of Topliss-reactive ketones (excluding diaryl/α,β-unsaturated/α-hetero) is 1. The molecule has 5 heteroatoms. The van der Waals surface area contributed by atoms with Crippen molar-refractivity contribution in [2.45, 2.75) is 51.2 Å². The van der Waals surface area contributed by atoms with Gasteiger partial charge in [0.2, 0.25) is 0 Å². The predicted octanol–water partition coefficient (Wildman–Crippen LogP) is 3.69. The average Bonchev–Trinajstić information content (AvgIpc) is 3.33. The van der Waals surface area contributed by atoms with E-state index < -0.39 is 6.10 Å². The monoisotopic (exact) mass is 420 g/mol. The van der Waals surface area contributed by atoms with Crippen molar-refractivity contribution in [2.75, 3.05) is 26.2 Å². The highest BCUT2D eigenvalue weighted by atomic mass is 16.3. The van der Waals surface area contributed by atoms with Crippen molar-refractivity contribution in [2.24, 2.45) is 0 Å². The molecule has 164 valence electrons. The minimum absolute atomic E-state index is 0.0555. The smallest absolute Gasteiger partial charge is 0.253 e. The first-order valence-corrected chi connectivity index (χ1v) is 11.5. The molecule has 5 nitrogen and oxygen atoms in total. The van der Waals surface area contributed by atoms with Crippen LogP contribution in [0.2, 0.25) is 0 Å². The number of β-amino-alcohol motifs (C(OH)–C–C–N with tert-alkyl or cyclic N) is 1. The van der Waals surface area contributed by atoms with Gasteiger partial charge in [-0.05, 0) is 55.4 Å². The van der Waals surface area contributed by atoms with Crippen LogP contribution in [0.1, 0.15) is 63.9 Å². The first-order chi connectivity index (χ1) is 15.1. The van der Waals surface area contributed by atoms with Crippen molar-refractivity contribution in [3.8, 4) is 0 Å². The van der Waals surface area contributed by atoms with Crippen LogP contribution < -0.4 is 0 Å². The Balaban J connectivity index is 1.20. The van der Waals surface area contributed by atoms with Crippen LogP contribution in [0.15, 0.2) is 48.5 Å². The van der Waals surface area contributed by atoms with Crippen molar-refractivity contribution in [1.82, 2.24) is 9.80 Å². The summed E-state index contributed by atoms with van der Waals surface area (Å²) >= 11 is 0. The molecule has 2 heterocycles. The lowest BCUT2D eigenvalue weighted by atomic mass is 9.99. The zero-order valence-corrected chi connectivity index (χ0v) is 18.1. The molecule has 0 saturated carbocycles. The molecule has 2 aliphatic heterocycles. The highest BCUT2D eigenvalue weighted by Gasteiger charge is 2.20. The first-order valence-electron chi connectivity index (χ1n) is 11.5. The lowest BCUT2D eigenvalue weighted by Crippen LogP contribution is -2.36. The number of rotatable bonds is 8. The number of nitrogens with zero attached hydrogens (tertiary/aromatic N) is 2. The van der Waals surface area contributed by atoms with Crippen LogP contribution in [0.25, 0.3) is 0 Å². The lowest BCUT2D eigenvalue weighted by Gasteiger charge is -2.30. The van der Waals surface area contributed by atoms with Crippen LogP contribution in [0, 0.1) is 0 Å². The number of carbonyl (C=O) groups is 2. The Labute approximate surface area is 184 Å². The number of aliphatic hydroxyl groups excluding tert-OH is 1. The number of carbonyl (C=O) groups excluding carboxylic acids is 2. The summed E-state index contributed by atoms with van der Waals surface area (Å²) < 4.78 is 0. The zero-order valence-electron chi connectivity index (χ0n) is 18.1. The largest absolute Gasteiger partial charge is 0.392 e. The molecule has 1 atom stereocenters. The van der Waals surface area contributed by atoms with Gasteiger partial charge in [0, 0.05) is 50.3 Å². The third-order valence-electron chi connectivity index (χ3n) is 6.47. The van der Waals surface area contributed by atoms with Gasteiger partial charge in [0.25, 0.3) is 5.91 Å². The molecular weight excluding hydrogens is 388 g/mol. The van der Waals surface area contributed by atoms with E-state index in [1.807, 2.05) is 4.90 Å². The molecule has 0 aliphatic carbocycles. The molecule has 1 unspecified atom stereocenters. The Morgan fingerprint density at radius 3 is 2.32 bits per heavy atom. The number of likely N-dealkylation sites (tertiary alicyclic amines) is 1. The molecule has 0 spiro atoms. The van der Waals surface area contributed by atoms with Gasteiger partial charge in [-0.2, -0.15) is 0 Å². The fourth-order valence-corrected chi connectivity index (χ4v) is 4.64. The summed E-state index contributed by atoms with van der Waals surface area (Å²) in [4.78, 5) is 29.1. The van der Waals surface area contributed by atoms with E-state index in [4.69, 9.17) is 0 Å². The van der Waals surface area contributed by atoms with Crippen LogP contribution in [0.5, 0.6) is 0 Å². The van der Waals surface area contributed by atoms with E-state index in [-0.39, 0.29) is 11.7 Å². The van der Waals surface area contributed by atoms with E-state index in [9.17, 15) is 14.7 Å². The van der Waals surface area contributed by atoms with Crippen molar-refractivity contribution < 1.29 is 14.7 Å². The number of hydrogen-bond acceptors (Lipinski definition) is 4. The van der Waals surface area contributed by atoms with E-state index in [1.54, 1.807) is 24.3 Å². The Hall–Kier alpha value is -2.50. The number of amides is 1. The van der Waals surface area contributed by atoms with Crippen LogP contribution in [-0.2, 0) is 13.0 Å². The van der Waals surface area contributed by atoms with Crippen molar-refractivity contribution in [1.29, 1.82) is 0 Å². The minimum Gasteiger partial charge on any atom is -0.392 e. The SMILES string of the molecule is O=C(CCCC(O)CN1CCc2ccccc2C1)c1ccc(C(=O)N2CCCC2)cc1. The maximum atomic E-state index is 12.5. The van der Waals surface area contributed by atoms with Gasteiger partial charge in [-0.15, -0.1) is 0 Å². The van der Waals surface area contributed by atoms with E-state index in [0.717, 1.165) is 45.4 Å². The van der Waals surface area contributed by atoms with E-state index in [1.165, 1.54) is 11.1 Å². The number of benzene rings is 2. The number of aliphatic hydroxyl groups is 1. The number of hydrogen-bond donors (Lipinski definition) is 1. The second-order valence-corrected chi connectivity index (χ2v) is 8.80. The molecule has 1 fully saturated rings. The van der Waals surface area contributed by atoms with Gasteiger partial charge in [0.1, 0.15) is 0 Å². The molecule has 1 N–H and O–H groups in total. The zero-order chi connectivity index (χ0) is 21.6. The van der Waals surface area contributed by atoms with E-state index >= 15 is 0 Å². The fourth-order valence-electron chi connectivity index (χ4n) is 4.64. The summed E-state index contributed by atoms with van der Waals surface area (Å²) in [6.07, 6.45) is 4.45. The van der Waals surface area contributed by atoms with Crippen LogP contribution in [0.4, 0.5) is 0 Å². The van der Waals surface area contributed by atoms with Gasteiger partial charge >= 0.3 is 0 Å². The average molecular weight is 421 g/mol. The van der Waals surface area contributed by atoms with Crippen LogP contribution >= 0.6 is 0 Å². The Morgan fingerprint density at radius 2 is 1.58 bits per heavy atom. The maximum absolute atomic E-state index is 12.5. The van der Waals surface area contributed by atoms with Crippen molar-refractivity contribution in [3.05, 3.63) is 70.8 Å². The second-order valence-electron chi connectivity index (χ2n) is 8.80. The van der Waals surface area contributed by atoms with E-state index in [2.05, 4.69) is 29.2 Å². The number of ketones is 1. The first kappa shape index (κ1) is 21.7. The minimum atomic E-state index is -0.418. The van der Waals surface area contributed by atoms with Gasteiger partial charge in [0.05, 0.1) is 6.10 Å². The standard InChI is InChI=1S/C26H32N2O3/c29-24(19-27-17-14-20-6-1-2-7-23(20)18-27)8-5-9-25(30)21-10-12-22(13-11-21)26(31)28-15-3-4-16-28/h1-2,6-7,10-13,24,29H,3-5,8-9,14-19H2. The molecule has 0 aromatic heterocycles. The summed E-state index contributed by atoms with van der Waals surface area (Å²) in [5.74, 6) is 0.124. The summed E-state index contributed by atoms with van der Waals surface area (Å²) in [5.41, 5.74) is 4.05. The molecule has 1 saturated heterocycles. The van der Waals surface area contributed by atoms with Gasteiger partial charge in [-0.3, -0.25) is 14.5 Å². The third-order valence-corrected chi connectivity index (χ3v) is 6.47. The summed E-state index contributed by atoms with van der Waals surface area (Å²) in [7, 11) is 0. The normalized spacial score (nSPS) is 17.4. The predicted molar refractivity (Wildman–Crippen MR) is 121 cm³/mol. The maximum Gasteiger partial charge on any atom is 0.253 e. The second kappa shape index (κ2) is 10.2. The molecule has 0 bridgehead atoms. The van der Waals surface area contributed by atoms with E-state index in [0.29, 0.717) is 36.9 Å². The molecule has 31 heavy (non-hydrogen) atoms. The number of fused-ring (bicyclic) bond motifs is 1. The molecule has 4 rings (SSSR count). The molecule has 2 aromatic carbocycles. The highest BCUT2D eigenvalue weighted by molar-refractivity contribution is 5.98. The Kier molecular flexibility index (Phi) is 7.15. The molecule has 2 aliphatic rings. The summed E-state index contributed by atoms with van der Waals surface area (Å²) in [5, 5.41) is 10.4. The summed E-state index contributed by atoms with van der Waals surface area (Å²) in [6, 6.07) is 15.5. The molecule has 0 radical (unpaired) electrons. The molecule has 1 amide bonds. The van der Waals surface area contributed by atoms with Crippen molar-refractivity contribution >= 4 is 11.7 Å². The van der Waals surface area contributed by atoms with Gasteiger partial charge in [-0.25, -0.2) is 0 Å². The Bertz CT molecular complexity index is 903. The van der Waals surface area contributed by atoms with Gasteiger partial charge in [-0.1, -0.05) is 36.4 Å². The third kappa shape index (κ3) is 5.60. The topological polar surface area (TPSA) is 60.9 Å².